The molecule has 0 amide bonds. The first kappa shape index (κ1) is 19.9. The van der Waals surface area contributed by atoms with Gasteiger partial charge in [-0.25, -0.2) is 9.97 Å². The Bertz CT molecular complexity index is 859. The maximum Gasteiger partial charge on any atom is 0.230 e. The average molecular weight is 413 g/mol. The van der Waals surface area contributed by atoms with Gasteiger partial charge in [0, 0.05) is 56.8 Å². The van der Waals surface area contributed by atoms with Crippen molar-refractivity contribution in [3.8, 4) is 0 Å². The first-order chi connectivity index (χ1) is 14.5. The first-order valence-corrected chi connectivity index (χ1v) is 11.2. The molecule has 0 aromatic carbocycles. The van der Waals surface area contributed by atoms with Gasteiger partial charge in [-0.15, -0.1) is 10.2 Å². The third kappa shape index (κ3) is 4.07. The standard InChI is InChI=1S/C22H32N6O2/c1-22(2,3)18-8-19(24-14-23-18)28-11-16-9-27(10-17(16)12-28)13-20-25-26-21(30-20)15-4-6-29-7-5-15/h8,14-17H,4-7,9-13H2,1-3H3. The summed E-state index contributed by atoms with van der Waals surface area (Å²) < 4.78 is 11.4. The van der Waals surface area contributed by atoms with E-state index in [-0.39, 0.29) is 5.41 Å². The fourth-order valence-corrected chi connectivity index (χ4v) is 4.97. The maximum atomic E-state index is 6.00. The van der Waals surface area contributed by atoms with E-state index in [1.165, 1.54) is 0 Å². The highest BCUT2D eigenvalue weighted by molar-refractivity contribution is 5.42. The van der Waals surface area contributed by atoms with Crippen LogP contribution in [0.3, 0.4) is 0 Å². The minimum atomic E-state index is 0.0393. The second-order valence-corrected chi connectivity index (χ2v) is 10.1. The maximum absolute atomic E-state index is 6.00. The molecule has 0 radical (unpaired) electrons. The van der Waals surface area contributed by atoms with Gasteiger partial charge in [0.05, 0.1) is 12.2 Å². The molecule has 0 N–H and O–H groups in total. The highest BCUT2D eigenvalue weighted by Crippen LogP contribution is 2.35. The zero-order valence-electron chi connectivity index (χ0n) is 18.3. The Balaban J connectivity index is 1.17. The van der Waals surface area contributed by atoms with Gasteiger partial charge in [-0.05, 0) is 24.7 Å². The quantitative estimate of drug-likeness (QED) is 0.758. The number of rotatable bonds is 4. The van der Waals surface area contributed by atoms with Crippen LogP contribution in [0.5, 0.6) is 0 Å². The van der Waals surface area contributed by atoms with Gasteiger partial charge in [0.25, 0.3) is 0 Å². The molecule has 5 rings (SSSR count). The molecule has 3 fully saturated rings. The van der Waals surface area contributed by atoms with Crippen molar-refractivity contribution < 1.29 is 9.15 Å². The summed E-state index contributed by atoms with van der Waals surface area (Å²) in [6.07, 6.45) is 3.67. The van der Waals surface area contributed by atoms with Gasteiger partial charge in [-0.2, -0.15) is 0 Å². The van der Waals surface area contributed by atoms with E-state index in [0.29, 0.717) is 17.8 Å². The van der Waals surface area contributed by atoms with Crippen molar-refractivity contribution in [1.29, 1.82) is 0 Å². The predicted octanol–water partition coefficient (Wildman–Crippen LogP) is 2.62. The van der Waals surface area contributed by atoms with E-state index in [0.717, 1.165) is 82.1 Å². The minimum Gasteiger partial charge on any atom is -0.424 e. The summed E-state index contributed by atoms with van der Waals surface area (Å²) in [5.41, 5.74) is 1.14. The van der Waals surface area contributed by atoms with Gasteiger partial charge in [-0.1, -0.05) is 20.8 Å². The monoisotopic (exact) mass is 412 g/mol. The lowest BCUT2D eigenvalue weighted by Crippen LogP contribution is -2.29. The number of ether oxygens (including phenoxy) is 1. The van der Waals surface area contributed by atoms with E-state index in [2.05, 4.69) is 56.8 Å². The van der Waals surface area contributed by atoms with E-state index in [1.54, 1.807) is 6.33 Å². The van der Waals surface area contributed by atoms with Crippen molar-refractivity contribution in [3.63, 3.8) is 0 Å². The Hall–Kier alpha value is -2.06. The number of likely N-dealkylation sites (tertiary alicyclic amines) is 1. The lowest BCUT2D eigenvalue weighted by Gasteiger charge is -2.23. The summed E-state index contributed by atoms with van der Waals surface area (Å²) in [5, 5.41) is 8.63. The van der Waals surface area contributed by atoms with Crippen molar-refractivity contribution in [1.82, 2.24) is 25.1 Å². The summed E-state index contributed by atoms with van der Waals surface area (Å²) in [7, 11) is 0. The van der Waals surface area contributed by atoms with Crippen LogP contribution >= 0.6 is 0 Å². The van der Waals surface area contributed by atoms with Crippen molar-refractivity contribution in [2.75, 3.05) is 44.3 Å². The molecule has 0 bridgehead atoms. The largest absolute Gasteiger partial charge is 0.424 e. The molecule has 30 heavy (non-hydrogen) atoms. The van der Waals surface area contributed by atoms with Crippen molar-refractivity contribution in [2.45, 2.75) is 51.5 Å². The fraction of sp³-hybridized carbons (Fsp3) is 0.727. The molecule has 0 aliphatic carbocycles. The topological polar surface area (TPSA) is 80.4 Å². The summed E-state index contributed by atoms with van der Waals surface area (Å²) in [6, 6.07) is 2.16. The number of aromatic nitrogens is 4. The lowest BCUT2D eigenvalue weighted by atomic mass is 9.92. The first-order valence-electron chi connectivity index (χ1n) is 11.2. The van der Waals surface area contributed by atoms with Gasteiger partial charge in [-0.3, -0.25) is 4.90 Å². The number of nitrogens with zero attached hydrogens (tertiary/aromatic N) is 6. The number of hydrogen-bond donors (Lipinski definition) is 0. The molecule has 2 unspecified atom stereocenters. The molecule has 2 aromatic rings. The summed E-state index contributed by atoms with van der Waals surface area (Å²) in [6.45, 7) is 13.2. The van der Waals surface area contributed by atoms with Crippen LogP contribution in [-0.4, -0.2) is 64.5 Å². The van der Waals surface area contributed by atoms with Crippen molar-refractivity contribution in [2.24, 2.45) is 11.8 Å². The highest BCUT2D eigenvalue weighted by atomic mass is 16.5. The minimum absolute atomic E-state index is 0.0393. The zero-order chi connectivity index (χ0) is 20.7. The molecule has 0 spiro atoms. The van der Waals surface area contributed by atoms with E-state index in [1.807, 2.05) is 0 Å². The van der Waals surface area contributed by atoms with Crippen LogP contribution in [0.15, 0.2) is 16.8 Å². The molecular weight excluding hydrogens is 380 g/mol. The van der Waals surface area contributed by atoms with Crippen molar-refractivity contribution in [3.05, 3.63) is 29.9 Å². The fourth-order valence-electron chi connectivity index (χ4n) is 4.97. The van der Waals surface area contributed by atoms with E-state index in [9.17, 15) is 0 Å². The molecule has 8 nitrogen and oxygen atoms in total. The lowest BCUT2D eigenvalue weighted by molar-refractivity contribution is 0.0788. The number of hydrogen-bond acceptors (Lipinski definition) is 8. The molecule has 162 valence electrons. The van der Waals surface area contributed by atoms with Crippen LogP contribution in [0.4, 0.5) is 5.82 Å². The summed E-state index contributed by atoms with van der Waals surface area (Å²) in [5.74, 6) is 4.29. The van der Waals surface area contributed by atoms with Gasteiger partial charge < -0.3 is 14.1 Å². The van der Waals surface area contributed by atoms with Crippen LogP contribution in [0, 0.1) is 11.8 Å². The predicted molar refractivity (Wildman–Crippen MR) is 112 cm³/mol. The van der Waals surface area contributed by atoms with E-state index < -0.39 is 0 Å². The smallest absolute Gasteiger partial charge is 0.230 e. The second-order valence-electron chi connectivity index (χ2n) is 10.1. The van der Waals surface area contributed by atoms with Gasteiger partial charge >= 0.3 is 0 Å². The molecule has 2 atom stereocenters. The van der Waals surface area contributed by atoms with Crippen LogP contribution in [-0.2, 0) is 16.7 Å². The Morgan fingerprint density at radius 2 is 1.73 bits per heavy atom. The average Bonchev–Trinajstić information content (AvgIpc) is 3.43. The zero-order valence-corrected chi connectivity index (χ0v) is 18.3. The van der Waals surface area contributed by atoms with Gasteiger partial charge in [0.1, 0.15) is 12.1 Å². The summed E-state index contributed by atoms with van der Waals surface area (Å²) in [4.78, 5) is 13.9. The number of fused-ring (bicyclic) bond motifs is 1. The van der Waals surface area contributed by atoms with Crippen LogP contribution in [0.1, 0.15) is 57.0 Å². The molecule has 3 aliphatic heterocycles. The Kier molecular flexibility index (Phi) is 5.23. The molecule has 0 saturated carbocycles. The molecule has 8 heteroatoms. The molecule has 3 saturated heterocycles. The van der Waals surface area contributed by atoms with E-state index in [4.69, 9.17) is 9.15 Å². The Labute approximate surface area is 178 Å². The summed E-state index contributed by atoms with van der Waals surface area (Å²) >= 11 is 0. The SMILES string of the molecule is CC(C)(C)c1cc(N2CC3CN(Cc4nnc(C5CCOCC5)o4)CC3C2)ncn1. The van der Waals surface area contributed by atoms with Gasteiger partial charge in [0.15, 0.2) is 0 Å². The number of anilines is 1. The Morgan fingerprint density at radius 1 is 1.00 bits per heavy atom. The van der Waals surface area contributed by atoms with Crippen molar-refractivity contribution >= 4 is 5.82 Å². The molecule has 3 aliphatic rings. The Morgan fingerprint density at radius 3 is 2.43 bits per heavy atom. The van der Waals surface area contributed by atoms with Gasteiger partial charge in [0.2, 0.25) is 11.8 Å². The van der Waals surface area contributed by atoms with Crippen LogP contribution in [0.25, 0.3) is 0 Å². The third-order valence-electron chi connectivity index (χ3n) is 6.72. The van der Waals surface area contributed by atoms with Crippen LogP contribution < -0.4 is 4.90 Å². The molecule has 2 aromatic heterocycles. The highest BCUT2D eigenvalue weighted by Gasteiger charge is 2.41. The third-order valence-corrected chi connectivity index (χ3v) is 6.72. The van der Waals surface area contributed by atoms with Crippen LogP contribution in [0.2, 0.25) is 0 Å². The normalized spacial score (nSPS) is 25.8. The second kappa shape index (κ2) is 7.89. The van der Waals surface area contributed by atoms with E-state index >= 15 is 0 Å². The molecule has 5 heterocycles. The molecular formula is C22H32N6O2.